The molecule has 1 amide bonds. The van der Waals surface area contributed by atoms with Gasteiger partial charge in [-0.3, -0.25) is 9.48 Å². The van der Waals surface area contributed by atoms with Gasteiger partial charge >= 0.3 is 0 Å². The lowest BCUT2D eigenvalue weighted by atomic mass is 10.1. The van der Waals surface area contributed by atoms with Crippen LogP contribution in [0, 0.1) is 6.92 Å². The molecule has 0 atom stereocenters. The third kappa shape index (κ3) is 2.79. The van der Waals surface area contributed by atoms with Gasteiger partial charge in [-0.25, -0.2) is 4.98 Å². The van der Waals surface area contributed by atoms with Gasteiger partial charge in [-0.1, -0.05) is 6.07 Å². The summed E-state index contributed by atoms with van der Waals surface area (Å²) in [6, 6.07) is 7.48. The topological polar surface area (TPSA) is 60.2 Å². The Morgan fingerprint density at radius 2 is 2.25 bits per heavy atom. The average Bonchev–Trinajstić information content (AvgIpc) is 2.86. The van der Waals surface area contributed by atoms with Gasteiger partial charge in [0.1, 0.15) is 12.6 Å². The number of pyridine rings is 1. The highest BCUT2D eigenvalue weighted by Gasteiger charge is 2.32. The number of hydrogen-bond acceptors (Lipinski definition) is 4. The van der Waals surface area contributed by atoms with E-state index < -0.39 is 0 Å². The van der Waals surface area contributed by atoms with E-state index in [1.54, 1.807) is 28.0 Å². The van der Waals surface area contributed by atoms with Crippen molar-refractivity contribution in [3.8, 4) is 5.88 Å². The Balaban J connectivity index is 1.48. The highest BCUT2D eigenvalue weighted by Crippen LogP contribution is 2.16. The average molecular weight is 272 g/mol. The Kier molecular flexibility index (Phi) is 3.37. The Morgan fingerprint density at radius 3 is 2.95 bits per heavy atom. The number of carbonyl (C=O) groups is 1. The molecule has 0 saturated carbocycles. The molecule has 0 spiro atoms. The molecule has 0 aromatic carbocycles. The maximum Gasteiger partial charge on any atom is 0.244 e. The first-order valence-electron chi connectivity index (χ1n) is 6.56. The molecule has 1 aliphatic heterocycles. The molecule has 0 bridgehead atoms. The maximum absolute atomic E-state index is 11.9. The fourth-order valence-electron chi connectivity index (χ4n) is 2.10. The van der Waals surface area contributed by atoms with Crippen LogP contribution in [-0.4, -0.2) is 44.8 Å². The molecule has 2 aromatic heterocycles. The van der Waals surface area contributed by atoms with Crippen molar-refractivity contribution in [3.63, 3.8) is 0 Å². The van der Waals surface area contributed by atoms with Gasteiger partial charge in [0.25, 0.3) is 0 Å². The molecule has 3 heterocycles. The molecule has 1 fully saturated rings. The van der Waals surface area contributed by atoms with Crippen LogP contribution >= 0.6 is 0 Å². The van der Waals surface area contributed by atoms with Gasteiger partial charge in [-0.05, 0) is 19.1 Å². The predicted molar refractivity (Wildman–Crippen MR) is 72.2 cm³/mol. The summed E-state index contributed by atoms with van der Waals surface area (Å²) in [7, 11) is 0. The van der Waals surface area contributed by atoms with E-state index in [4.69, 9.17) is 4.74 Å². The number of hydrogen-bond donors (Lipinski definition) is 0. The number of aromatic nitrogens is 3. The molecule has 0 N–H and O–H groups in total. The molecule has 6 nitrogen and oxygen atoms in total. The van der Waals surface area contributed by atoms with E-state index >= 15 is 0 Å². The van der Waals surface area contributed by atoms with Crippen molar-refractivity contribution in [1.82, 2.24) is 19.7 Å². The summed E-state index contributed by atoms with van der Waals surface area (Å²) in [5, 5.41) is 4.02. The minimum absolute atomic E-state index is 0.0332. The summed E-state index contributed by atoms with van der Waals surface area (Å²) in [5.41, 5.74) is 0.924. The van der Waals surface area contributed by atoms with Gasteiger partial charge in [-0.2, -0.15) is 5.10 Å². The normalized spacial score (nSPS) is 14.9. The third-order valence-electron chi connectivity index (χ3n) is 3.21. The summed E-state index contributed by atoms with van der Waals surface area (Å²) in [5.74, 6) is 0.680. The van der Waals surface area contributed by atoms with Gasteiger partial charge in [0.2, 0.25) is 11.8 Å². The molecule has 2 aromatic rings. The highest BCUT2D eigenvalue weighted by atomic mass is 16.5. The summed E-state index contributed by atoms with van der Waals surface area (Å²) < 4.78 is 7.34. The molecule has 1 aliphatic rings. The van der Waals surface area contributed by atoms with Gasteiger partial charge in [0, 0.05) is 24.2 Å². The summed E-state index contributed by atoms with van der Waals surface area (Å²) in [6.45, 7) is 3.42. The number of likely N-dealkylation sites (tertiary alicyclic amines) is 1. The Hall–Kier alpha value is -2.37. The van der Waals surface area contributed by atoms with E-state index in [1.165, 1.54) is 0 Å². The van der Waals surface area contributed by atoms with Crippen molar-refractivity contribution in [2.75, 3.05) is 13.1 Å². The first kappa shape index (κ1) is 12.7. The summed E-state index contributed by atoms with van der Waals surface area (Å²) in [4.78, 5) is 18.0. The maximum atomic E-state index is 11.9. The van der Waals surface area contributed by atoms with Crippen LogP contribution in [0.25, 0.3) is 0 Å². The molecule has 104 valence electrons. The Labute approximate surface area is 117 Å². The lowest BCUT2D eigenvalue weighted by Gasteiger charge is -2.38. The van der Waals surface area contributed by atoms with Crippen molar-refractivity contribution in [2.24, 2.45) is 0 Å². The lowest BCUT2D eigenvalue weighted by Crippen LogP contribution is -2.57. The van der Waals surface area contributed by atoms with Crippen LogP contribution < -0.4 is 4.74 Å². The zero-order valence-electron chi connectivity index (χ0n) is 11.3. The predicted octanol–water partition coefficient (Wildman–Crippen LogP) is 0.876. The summed E-state index contributed by atoms with van der Waals surface area (Å²) in [6.07, 6.45) is 3.48. The van der Waals surface area contributed by atoms with Gasteiger partial charge in [0.05, 0.1) is 13.1 Å². The van der Waals surface area contributed by atoms with E-state index in [0.29, 0.717) is 19.0 Å². The number of amides is 1. The zero-order chi connectivity index (χ0) is 13.9. The standard InChI is InChI=1S/C14H16N4O2/c1-11-4-2-5-13(16-11)20-12-8-17(9-12)14(19)10-18-7-3-6-15-18/h2-7,12H,8-10H2,1H3. The van der Waals surface area contributed by atoms with Gasteiger partial charge in [-0.15, -0.1) is 0 Å². The van der Waals surface area contributed by atoms with Crippen molar-refractivity contribution in [3.05, 3.63) is 42.4 Å². The number of ether oxygens (including phenoxy) is 1. The molecule has 20 heavy (non-hydrogen) atoms. The molecule has 1 saturated heterocycles. The van der Waals surface area contributed by atoms with E-state index in [9.17, 15) is 4.79 Å². The van der Waals surface area contributed by atoms with E-state index in [-0.39, 0.29) is 18.6 Å². The highest BCUT2D eigenvalue weighted by molar-refractivity contribution is 5.76. The smallest absolute Gasteiger partial charge is 0.244 e. The van der Waals surface area contributed by atoms with Crippen molar-refractivity contribution in [1.29, 1.82) is 0 Å². The Morgan fingerprint density at radius 1 is 1.40 bits per heavy atom. The molecule has 0 aliphatic carbocycles. The van der Waals surface area contributed by atoms with Crippen LogP contribution in [0.2, 0.25) is 0 Å². The fourth-order valence-corrected chi connectivity index (χ4v) is 2.10. The van der Waals surface area contributed by atoms with Crippen LogP contribution in [0.15, 0.2) is 36.7 Å². The van der Waals surface area contributed by atoms with Gasteiger partial charge < -0.3 is 9.64 Å². The second-order valence-corrected chi connectivity index (χ2v) is 4.86. The van der Waals surface area contributed by atoms with Crippen molar-refractivity contribution < 1.29 is 9.53 Å². The minimum atomic E-state index is 0.0332. The molecule has 0 unspecified atom stereocenters. The largest absolute Gasteiger partial charge is 0.471 e. The first-order chi connectivity index (χ1) is 9.70. The van der Waals surface area contributed by atoms with Gasteiger partial charge in [0.15, 0.2) is 0 Å². The molecule has 0 radical (unpaired) electrons. The van der Waals surface area contributed by atoms with Crippen LogP contribution in [0.4, 0.5) is 0 Å². The quantitative estimate of drug-likeness (QED) is 0.829. The lowest BCUT2D eigenvalue weighted by molar-refractivity contribution is -0.141. The second kappa shape index (κ2) is 5.32. The molecule has 6 heteroatoms. The minimum Gasteiger partial charge on any atom is -0.471 e. The first-order valence-corrected chi connectivity index (χ1v) is 6.56. The zero-order valence-corrected chi connectivity index (χ0v) is 11.3. The molecular formula is C14H16N4O2. The Bertz CT molecular complexity index is 591. The third-order valence-corrected chi connectivity index (χ3v) is 3.21. The number of rotatable bonds is 4. The van der Waals surface area contributed by atoms with Crippen LogP contribution in [0.1, 0.15) is 5.69 Å². The van der Waals surface area contributed by atoms with Crippen LogP contribution in [-0.2, 0) is 11.3 Å². The fraction of sp³-hybridized carbons (Fsp3) is 0.357. The van der Waals surface area contributed by atoms with E-state index in [2.05, 4.69) is 10.1 Å². The van der Waals surface area contributed by atoms with Crippen molar-refractivity contribution in [2.45, 2.75) is 19.6 Å². The van der Waals surface area contributed by atoms with Crippen LogP contribution in [0.3, 0.4) is 0 Å². The van der Waals surface area contributed by atoms with E-state index in [1.807, 2.05) is 25.1 Å². The van der Waals surface area contributed by atoms with Crippen molar-refractivity contribution >= 4 is 5.91 Å². The monoisotopic (exact) mass is 272 g/mol. The van der Waals surface area contributed by atoms with E-state index in [0.717, 1.165) is 5.69 Å². The van der Waals surface area contributed by atoms with Crippen LogP contribution in [0.5, 0.6) is 5.88 Å². The second-order valence-electron chi connectivity index (χ2n) is 4.86. The number of aryl methyl sites for hydroxylation is 1. The number of carbonyl (C=O) groups excluding carboxylic acids is 1. The number of nitrogens with zero attached hydrogens (tertiary/aromatic N) is 4. The summed E-state index contributed by atoms with van der Waals surface area (Å²) >= 11 is 0. The SMILES string of the molecule is Cc1cccc(OC2CN(C(=O)Cn3cccn3)C2)n1. The molecular weight excluding hydrogens is 256 g/mol. The molecule has 3 rings (SSSR count).